The summed E-state index contributed by atoms with van der Waals surface area (Å²) in [6.07, 6.45) is 0. The molecule has 1 fully saturated rings. The number of halogens is 3. The minimum atomic E-state index is -4.85. The van der Waals surface area contributed by atoms with Gasteiger partial charge in [0.25, 0.3) is 5.91 Å². The maximum Gasteiger partial charge on any atom is 0.332 e. The molecule has 1 saturated heterocycles. The normalized spacial score (nSPS) is 14.3. The van der Waals surface area contributed by atoms with Gasteiger partial charge < -0.3 is 14.4 Å². The first kappa shape index (κ1) is 32.4. The van der Waals surface area contributed by atoms with Crippen molar-refractivity contribution in [3.05, 3.63) is 53.1 Å². The minimum absolute atomic E-state index is 0.00834. The smallest absolute Gasteiger partial charge is 0.332 e. The molecule has 1 aliphatic rings. The number of hydrogen-bond acceptors (Lipinski definition) is 9. The summed E-state index contributed by atoms with van der Waals surface area (Å²) in [5.41, 5.74) is 1.24. The lowest BCUT2D eigenvalue weighted by molar-refractivity contribution is -0.129. The molecule has 0 aromatic heterocycles. The summed E-state index contributed by atoms with van der Waals surface area (Å²) >= 11 is 5.77. The maximum atomic E-state index is 14.8. The van der Waals surface area contributed by atoms with Gasteiger partial charge in [0.1, 0.15) is 5.75 Å². The van der Waals surface area contributed by atoms with E-state index in [1.165, 1.54) is 34.6 Å². The lowest BCUT2D eigenvalue weighted by Gasteiger charge is -2.28. The van der Waals surface area contributed by atoms with Crippen LogP contribution in [0.4, 0.5) is 13.6 Å². The molecule has 2 aromatic rings. The molecule has 0 atom stereocenters. The number of morpholine rings is 1. The lowest BCUT2D eigenvalue weighted by Crippen LogP contribution is -2.52. The van der Waals surface area contributed by atoms with Crippen molar-refractivity contribution in [2.45, 2.75) is 4.90 Å². The van der Waals surface area contributed by atoms with Crippen molar-refractivity contribution in [1.82, 2.24) is 23.7 Å². The van der Waals surface area contributed by atoms with Crippen LogP contribution in [0.15, 0.2) is 41.3 Å². The molecule has 0 aliphatic carbocycles. The quantitative estimate of drug-likeness (QED) is 0.240. The predicted molar refractivity (Wildman–Crippen MR) is 139 cm³/mol. The Labute approximate surface area is 239 Å². The fraction of sp³-hybridized carbons (Fsp3) is 0.364. The summed E-state index contributed by atoms with van der Waals surface area (Å²) in [6.45, 7) is -1.61. The Hall–Kier alpha value is -3.13. The minimum Gasteiger partial charge on any atom is -0.451 e. The molecule has 3 amide bonds. The van der Waals surface area contributed by atoms with Gasteiger partial charge in [0.05, 0.1) is 24.7 Å². The SMILES string of the molecule is CN(CCN(CC(=O)NO)S(=O)(=O)c1cc(F)c(Oc2ccc(Cl)cc2)c(F)c1)S(=O)(=O)NC(=O)N1CCOCC1. The van der Waals surface area contributed by atoms with Gasteiger partial charge in [-0.15, -0.1) is 0 Å². The van der Waals surface area contributed by atoms with Gasteiger partial charge in [-0.25, -0.2) is 32.2 Å². The molecule has 1 aliphatic heterocycles. The second-order valence-corrected chi connectivity index (χ2v) is 12.6. The zero-order chi connectivity index (χ0) is 30.4. The largest absolute Gasteiger partial charge is 0.451 e. The number of rotatable bonds is 11. The predicted octanol–water partition coefficient (Wildman–Crippen LogP) is 1.12. The first-order valence-electron chi connectivity index (χ1n) is 11.7. The van der Waals surface area contributed by atoms with Crippen molar-refractivity contribution >= 4 is 43.8 Å². The van der Waals surface area contributed by atoms with E-state index < -0.39 is 74.1 Å². The van der Waals surface area contributed by atoms with E-state index in [0.717, 1.165) is 7.05 Å². The number of amides is 3. The second kappa shape index (κ2) is 13.7. The van der Waals surface area contributed by atoms with Crippen molar-refractivity contribution < 1.29 is 49.9 Å². The zero-order valence-electron chi connectivity index (χ0n) is 21.4. The van der Waals surface area contributed by atoms with Gasteiger partial charge in [0.2, 0.25) is 10.0 Å². The van der Waals surface area contributed by atoms with Crippen molar-refractivity contribution in [1.29, 1.82) is 0 Å². The number of hydrogen-bond donors (Lipinski definition) is 3. The first-order chi connectivity index (χ1) is 19.2. The van der Waals surface area contributed by atoms with Crippen molar-refractivity contribution in [3.8, 4) is 11.5 Å². The molecule has 19 heteroatoms. The topological polar surface area (TPSA) is 175 Å². The molecule has 2 aromatic carbocycles. The van der Waals surface area contributed by atoms with Gasteiger partial charge in [-0.3, -0.25) is 10.0 Å². The number of carbonyl (C=O) groups excluding carboxylic acids is 2. The van der Waals surface area contributed by atoms with Crippen molar-refractivity contribution in [2.75, 3.05) is 53.0 Å². The fourth-order valence-corrected chi connectivity index (χ4v) is 5.79. The van der Waals surface area contributed by atoms with Gasteiger partial charge in [-0.2, -0.15) is 17.0 Å². The van der Waals surface area contributed by atoms with Gasteiger partial charge in [0.15, 0.2) is 17.4 Å². The van der Waals surface area contributed by atoms with Gasteiger partial charge in [-0.05, 0) is 36.4 Å². The van der Waals surface area contributed by atoms with Gasteiger partial charge in [-0.1, -0.05) is 11.6 Å². The van der Waals surface area contributed by atoms with Crippen LogP contribution < -0.4 is 14.9 Å². The van der Waals surface area contributed by atoms with Crippen LogP contribution in [0, 0.1) is 11.6 Å². The third kappa shape index (κ3) is 8.44. The summed E-state index contributed by atoms with van der Waals surface area (Å²) in [6, 6.07) is 5.45. The molecule has 1 heterocycles. The molecule has 41 heavy (non-hydrogen) atoms. The van der Waals surface area contributed by atoms with E-state index in [4.69, 9.17) is 26.3 Å². The molecule has 0 radical (unpaired) electrons. The Bertz CT molecular complexity index is 1450. The van der Waals surface area contributed by atoms with E-state index in [-0.39, 0.29) is 32.1 Å². The van der Waals surface area contributed by atoms with Crippen LogP contribution in [0.3, 0.4) is 0 Å². The highest BCUT2D eigenvalue weighted by molar-refractivity contribution is 7.89. The Morgan fingerprint density at radius 3 is 2.22 bits per heavy atom. The standard InChI is InChI=1S/C22H26ClF2N5O9S2/c1-28(41(36,37)27-22(32)29-8-10-38-11-9-29)6-7-30(14-20(31)26-33)40(34,35)17-12-18(24)21(19(25)13-17)39-16-4-2-15(23)3-5-16/h2-5,12-13,33H,6-11,14H2,1H3,(H,26,31)(H,27,32). The lowest BCUT2D eigenvalue weighted by atomic mass is 10.3. The molecule has 226 valence electrons. The number of nitrogens with zero attached hydrogens (tertiary/aromatic N) is 3. The number of ether oxygens (including phenoxy) is 2. The number of likely N-dealkylation sites (N-methyl/N-ethyl adjacent to an activating group) is 1. The highest BCUT2D eigenvalue weighted by atomic mass is 35.5. The van der Waals surface area contributed by atoms with Crippen LogP contribution in [-0.4, -0.2) is 100 Å². The zero-order valence-corrected chi connectivity index (χ0v) is 23.8. The monoisotopic (exact) mass is 641 g/mol. The fourth-order valence-electron chi connectivity index (χ4n) is 3.42. The number of carbonyl (C=O) groups is 2. The van der Waals surface area contributed by atoms with Crippen LogP contribution in [-0.2, 0) is 29.8 Å². The molecular formula is C22H26ClF2N5O9S2. The molecule has 0 unspecified atom stereocenters. The van der Waals surface area contributed by atoms with Crippen LogP contribution in [0.2, 0.25) is 5.02 Å². The third-order valence-electron chi connectivity index (χ3n) is 5.68. The van der Waals surface area contributed by atoms with Crippen molar-refractivity contribution in [3.63, 3.8) is 0 Å². The summed E-state index contributed by atoms with van der Waals surface area (Å²) in [4.78, 5) is 24.4. The van der Waals surface area contributed by atoms with Crippen LogP contribution in [0.25, 0.3) is 0 Å². The molecule has 3 rings (SSSR count). The molecule has 14 nitrogen and oxygen atoms in total. The van der Waals surface area contributed by atoms with E-state index in [9.17, 15) is 35.2 Å². The van der Waals surface area contributed by atoms with Crippen LogP contribution >= 0.6 is 11.6 Å². The Balaban J connectivity index is 1.79. The van der Waals surface area contributed by atoms with Gasteiger partial charge >= 0.3 is 16.2 Å². The molecule has 0 spiro atoms. The second-order valence-electron chi connectivity index (χ2n) is 8.48. The van der Waals surface area contributed by atoms with E-state index in [1.807, 2.05) is 4.72 Å². The summed E-state index contributed by atoms with van der Waals surface area (Å²) in [5, 5.41) is 9.24. The Kier molecular flexibility index (Phi) is 10.8. The summed E-state index contributed by atoms with van der Waals surface area (Å²) in [5.74, 6) is -4.91. The highest BCUT2D eigenvalue weighted by Gasteiger charge is 2.31. The van der Waals surface area contributed by atoms with E-state index >= 15 is 0 Å². The molecule has 0 bridgehead atoms. The van der Waals surface area contributed by atoms with E-state index in [1.54, 1.807) is 0 Å². The van der Waals surface area contributed by atoms with E-state index in [2.05, 4.69) is 0 Å². The number of hydroxylamine groups is 1. The molecule has 0 saturated carbocycles. The van der Waals surface area contributed by atoms with Gasteiger partial charge in [0, 0.05) is 38.2 Å². The molecular weight excluding hydrogens is 616 g/mol. The average molecular weight is 642 g/mol. The molecule has 3 N–H and O–H groups in total. The number of urea groups is 1. The maximum absolute atomic E-state index is 14.8. The van der Waals surface area contributed by atoms with Crippen LogP contribution in [0.1, 0.15) is 0 Å². The number of nitrogens with one attached hydrogen (secondary N) is 2. The number of sulfonamides is 1. The van der Waals surface area contributed by atoms with Crippen molar-refractivity contribution in [2.24, 2.45) is 0 Å². The van der Waals surface area contributed by atoms with E-state index in [0.29, 0.717) is 25.8 Å². The Morgan fingerprint density at radius 2 is 1.66 bits per heavy atom. The first-order valence-corrected chi connectivity index (χ1v) is 15.0. The Morgan fingerprint density at radius 1 is 1.07 bits per heavy atom. The third-order valence-corrected chi connectivity index (χ3v) is 9.19. The summed E-state index contributed by atoms with van der Waals surface area (Å²) in [7, 11) is -8.28. The summed E-state index contributed by atoms with van der Waals surface area (Å²) < 4.78 is 94.5. The number of benzene rings is 2. The van der Waals surface area contributed by atoms with Crippen LogP contribution in [0.5, 0.6) is 11.5 Å². The highest BCUT2D eigenvalue weighted by Crippen LogP contribution is 2.31. The average Bonchev–Trinajstić information content (AvgIpc) is 2.93.